The van der Waals surface area contributed by atoms with Crippen molar-refractivity contribution in [3.8, 4) is 0 Å². The molecule has 20 heavy (non-hydrogen) atoms. The Labute approximate surface area is 118 Å². The van der Waals surface area contributed by atoms with Gasteiger partial charge in [0.2, 0.25) is 6.29 Å². The van der Waals surface area contributed by atoms with Gasteiger partial charge in [0, 0.05) is 20.3 Å². The molecule has 1 rings (SSSR count). The smallest absolute Gasteiger partial charge is 0.305 e. The number of hydrogen-bond donors (Lipinski definition) is 1. The number of esters is 2. The lowest BCUT2D eigenvalue weighted by Gasteiger charge is -2.23. The van der Waals surface area contributed by atoms with E-state index < -0.39 is 36.7 Å². The molecule has 0 aromatic carbocycles. The minimum absolute atomic E-state index is 0.350. The van der Waals surface area contributed by atoms with Crippen LogP contribution in [0.5, 0.6) is 0 Å². The summed E-state index contributed by atoms with van der Waals surface area (Å²) in [6.45, 7) is 5.92. The fourth-order valence-corrected chi connectivity index (χ4v) is 2.18. The van der Waals surface area contributed by atoms with Crippen molar-refractivity contribution in [3.63, 3.8) is 0 Å². The Morgan fingerprint density at radius 1 is 1.30 bits per heavy atom. The van der Waals surface area contributed by atoms with Crippen molar-refractivity contribution < 1.29 is 33.6 Å². The van der Waals surface area contributed by atoms with Crippen molar-refractivity contribution >= 4 is 11.9 Å². The molecule has 3 unspecified atom stereocenters. The van der Waals surface area contributed by atoms with Crippen molar-refractivity contribution in [1.82, 2.24) is 0 Å². The van der Waals surface area contributed by atoms with Gasteiger partial charge in [-0.25, -0.2) is 0 Å². The van der Waals surface area contributed by atoms with Gasteiger partial charge >= 0.3 is 11.9 Å². The first-order valence-corrected chi connectivity index (χ1v) is 6.66. The van der Waals surface area contributed by atoms with Crippen LogP contribution in [0.15, 0.2) is 0 Å². The van der Waals surface area contributed by atoms with Crippen molar-refractivity contribution in [1.29, 1.82) is 0 Å². The van der Waals surface area contributed by atoms with E-state index in [1.54, 1.807) is 0 Å². The van der Waals surface area contributed by atoms with Crippen LogP contribution in [0.1, 0.15) is 40.5 Å². The van der Waals surface area contributed by atoms with Crippen LogP contribution in [0.25, 0.3) is 0 Å². The zero-order valence-electron chi connectivity index (χ0n) is 12.2. The van der Waals surface area contributed by atoms with Gasteiger partial charge in [0.1, 0.15) is 0 Å². The molecule has 0 saturated carbocycles. The van der Waals surface area contributed by atoms with Crippen LogP contribution in [-0.2, 0) is 28.5 Å². The third-order valence-corrected chi connectivity index (χ3v) is 2.87. The lowest BCUT2D eigenvalue weighted by Crippen LogP contribution is -2.32. The Morgan fingerprint density at radius 3 is 2.35 bits per heavy atom. The van der Waals surface area contributed by atoms with Gasteiger partial charge < -0.3 is 24.1 Å². The monoisotopic (exact) mass is 290 g/mol. The van der Waals surface area contributed by atoms with Crippen LogP contribution in [0.4, 0.5) is 0 Å². The van der Waals surface area contributed by atoms with E-state index >= 15 is 0 Å². The first-order chi connectivity index (χ1) is 9.33. The zero-order valence-corrected chi connectivity index (χ0v) is 12.2. The van der Waals surface area contributed by atoms with E-state index in [0.29, 0.717) is 12.8 Å². The fourth-order valence-electron chi connectivity index (χ4n) is 2.18. The maximum absolute atomic E-state index is 11.1. The SMILES string of the molecule is CCC(OC(C)O)[C@@H]1C[C@@H](OC(C)=O)C(OC(C)=O)O1. The molecule has 0 aromatic heterocycles. The van der Waals surface area contributed by atoms with Crippen molar-refractivity contribution in [2.45, 2.75) is 71.4 Å². The Hall–Kier alpha value is -1.18. The number of aliphatic hydroxyl groups excluding tert-OH is 1. The molecule has 0 bridgehead atoms. The molecule has 1 heterocycles. The minimum atomic E-state index is -0.937. The lowest BCUT2D eigenvalue weighted by molar-refractivity contribution is -0.210. The van der Waals surface area contributed by atoms with Crippen molar-refractivity contribution in [2.75, 3.05) is 0 Å². The number of rotatable bonds is 6. The molecular weight excluding hydrogens is 268 g/mol. The van der Waals surface area contributed by atoms with E-state index in [2.05, 4.69) is 0 Å². The molecule has 7 heteroatoms. The first kappa shape index (κ1) is 16.9. The van der Waals surface area contributed by atoms with Gasteiger partial charge in [0.05, 0.1) is 12.2 Å². The topological polar surface area (TPSA) is 91.3 Å². The lowest BCUT2D eigenvalue weighted by atomic mass is 10.1. The van der Waals surface area contributed by atoms with Crippen LogP contribution in [0, 0.1) is 0 Å². The molecule has 0 radical (unpaired) electrons. The number of carbonyl (C=O) groups excluding carboxylic acids is 2. The molecule has 1 aliphatic heterocycles. The highest BCUT2D eigenvalue weighted by atomic mass is 16.7. The number of hydrogen-bond acceptors (Lipinski definition) is 7. The third-order valence-electron chi connectivity index (χ3n) is 2.87. The van der Waals surface area contributed by atoms with Crippen LogP contribution < -0.4 is 0 Å². The van der Waals surface area contributed by atoms with Gasteiger partial charge in [-0.3, -0.25) is 9.59 Å². The minimum Gasteiger partial charge on any atom is -0.456 e. The summed E-state index contributed by atoms with van der Waals surface area (Å²) in [6, 6.07) is 0. The molecule has 0 amide bonds. The van der Waals surface area contributed by atoms with Gasteiger partial charge in [0.15, 0.2) is 12.4 Å². The molecular formula is C13H22O7. The molecule has 1 aliphatic rings. The molecule has 0 aromatic rings. The summed E-state index contributed by atoms with van der Waals surface area (Å²) in [7, 11) is 0. The molecule has 7 nitrogen and oxygen atoms in total. The summed E-state index contributed by atoms with van der Waals surface area (Å²) in [5.41, 5.74) is 0. The number of carbonyl (C=O) groups is 2. The maximum atomic E-state index is 11.1. The summed E-state index contributed by atoms with van der Waals surface area (Å²) < 4.78 is 21.0. The largest absolute Gasteiger partial charge is 0.456 e. The highest BCUT2D eigenvalue weighted by molar-refractivity contribution is 5.67. The molecule has 1 fully saturated rings. The van der Waals surface area contributed by atoms with Crippen LogP contribution in [0.2, 0.25) is 0 Å². The fraction of sp³-hybridized carbons (Fsp3) is 0.846. The average Bonchev–Trinajstić information content (AvgIpc) is 2.67. The Kier molecular flexibility index (Phi) is 6.38. The predicted molar refractivity (Wildman–Crippen MR) is 67.4 cm³/mol. The van der Waals surface area contributed by atoms with Gasteiger partial charge in [-0.15, -0.1) is 0 Å². The second-order valence-electron chi connectivity index (χ2n) is 4.72. The highest BCUT2D eigenvalue weighted by Gasteiger charge is 2.43. The van der Waals surface area contributed by atoms with E-state index in [1.165, 1.54) is 20.8 Å². The number of aliphatic hydroxyl groups is 1. The predicted octanol–water partition coefficient (Wildman–Crippen LogP) is 0.730. The Morgan fingerprint density at radius 2 is 1.90 bits per heavy atom. The van der Waals surface area contributed by atoms with Crippen molar-refractivity contribution in [3.05, 3.63) is 0 Å². The third kappa shape index (κ3) is 5.07. The summed E-state index contributed by atoms with van der Waals surface area (Å²) in [5.74, 6) is -0.988. The highest BCUT2D eigenvalue weighted by Crippen LogP contribution is 2.29. The number of ether oxygens (including phenoxy) is 4. The van der Waals surface area contributed by atoms with E-state index in [9.17, 15) is 14.7 Å². The van der Waals surface area contributed by atoms with E-state index in [4.69, 9.17) is 18.9 Å². The maximum Gasteiger partial charge on any atom is 0.305 e. The molecule has 1 saturated heterocycles. The van der Waals surface area contributed by atoms with E-state index in [0.717, 1.165) is 0 Å². The van der Waals surface area contributed by atoms with Crippen LogP contribution in [-0.4, -0.2) is 47.9 Å². The second kappa shape index (κ2) is 7.56. The quantitative estimate of drug-likeness (QED) is 0.569. The summed E-state index contributed by atoms with van der Waals surface area (Å²) in [4.78, 5) is 22.1. The van der Waals surface area contributed by atoms with Crippen LogP contribution >= 0.6 is 0 Å². The Balaban J connectivity index is 2.71. The second-order valence-corrected chi connectivity index (χ2v) is 4.72. The molecule has 1 N–H and O–H groups in total. The normalized spacial score (nSPS) is 28.8. The van der Waals surface area contributed by atoms with Gasteiger partial charge in [-0.05, 0) is 13.3 Å². The molecule has 5 atom stereocenters. The Bertz CT molecular complexity index is 318. The van der Waals surface area contributed by atoms with Crippen molar-refractivity contribution in [2.24, 2.45) is 0 Å². The summed E-state index contributed by atoms with van der Waals surface area (Å²) >= 11 is 0. The molecule has 0 aliphatic carbocycles. The average molecular weight is 290 g/mol. The van der Waals surface area contributed by atoms with E-state index in [1.807, 2.05) is 6.92 Å². The van der Waals surface area contributed by atoms with Gasteiger partial charge in [-0.1, -0.05) is 6.92 Å². The zero-order chi connectivity index (χ0) is 15.3. The van der Waals surface area contributed by atoms with Gasteiger partial charge in [-0.2, -0.15) is 0 Å². The van der Waals surface area contributed by atoms with Crippen LogP contribution in [0.3, 0.4) is 0 Å². The van der Waals surface area contributed by atoms with Gasteiger partial charge in [0.25, 0.3) is 0 Å². The molecule has 0 spiro atoms. The summed E-state index contributed by atoms with van der Waals surface area (Å²) in [5, 5.41) is 9.29. The summed E-state index contributed by atoms with van der Waals surface area (Å²) in [6.07, 6.45) is -2.35. The standard InChI is InChI=1S/C13H22O7/c1-5-10(17-7(2)14)11-6-12(18-8(3)15)13(20-11)19-9(4)16/h7,10-14H,5-6H2,1-4H3/t7?,10?,11-,12+,13?/m0/s1. The first-order valence-electron chi connectivity index (χ1n) is 6.66. The van der Waals surface area contributed by atoms with E-state index in [-0.39, 0.29) is 6.10 Å². The molecule has 116 valence electrons.